The van der Waals surface area contributed by atoms with Gasteiger partial charge in [0.15, 0.2) is 11.5 Å². The van der Waals surface area contributed by atoms with E-state index in [0.29, 0.717) is 52.7 Å². The number of carbonyl (C=O) groups excluding carboxylic acids is 1. The molecule has 230 valence electrons. The third kappa shape index (κ3) is 7.31. The molecule has 1 unspecified atom stereocenters. The second-order valence-electron chi connectivity index (χ2n) is 11.5. The first-order chi connectivity index (χ1) is 21.4. The zero-order valence-electron chi connectivity index (χ0n) is 25.3. The van der Waals surface area contributed by atoms with E-state index in [9.17, 15) is 10.1 Å². The van der Waals surface area contributed by atoms with Crippen LogP contribution in [0.2, 0.25) is 5.02 Å². The minimum Gasteiger partial charge on any atom is -0.490 e. The number of nitriles is 1. The molecule has 0 radical (unpaired) electrons. The van der Waals surface area contributed by atoms with Crippen LogP contribution in [0.3, 0.4) is 0 Å². The zero-order valence-corrected chi connectivity index (χ0v) is 26.1. The Morgan fingerprint density at radius 2 is 1.77 bits per heavy atom. The van der Waals surface area contributed by atoms with E-state index >= 15 is 0 Å². The number of hydrogen-bond donors (Lipinski definition) is 1. The van der Waals surface area contributed by atoms with Gasteiger partial charge >= 0.3 is 5.97 Å². The predicted octanol–water partition coefficient (Wildman–Crippen LogP) is 8.44. The third-order valence-electron chi connectivity index (χ3n) is 8.46. The Hall–Kier alpha value is -4.15. The van der Waals surface area contributed by atoms with Gasteiger partial charge in [-0.25, -0.2) is 0 Å². The van der Waals surface area contributed by atoms with Gasteiger partial charge in [0.25, 0.3) is 0 Å². The van der Waals surface area contributed by atoms with Crippen molar-refractivity contribution < 1.29 is 23.7 Å². The van der Waals surface area contributed by atoms with Gasteiger partial charge in [-0.1, -0.05) is 62.1 Å². The quantitative estimate of drug-likeness (QED) is 0.171. The predicted molar refractivity (Wildman–Crippen MR) is 170 cm³/mol. The number of carbonyl (C=O) groups is 1. The Kier molecular flexibility index (Phi) is 10.3. The highest BCUT2D eigenvalue weighted by Gasteiger charge is 2.33. The van der Waals surface area contributed by atoms with Crippen LogP contribution >= 0.6 is 11.6 Å². The molecule has 1 aliphatic heterocycles. The first kappa shape index (κ1) is 31.3. The molecule has 1 saturated carbocycles. The molecule has 0 bridgehead atoms. The summed E-state index contributed by atoms with van der Waals surface area (Å²) in [5, 5.41) is 10.7. The molecular weight excluding hydrogens is 576 g/mol. The van der Waals surface area contributed by atoms with E-state index in [1.807, 2.05) is 55.5 Å². The molecule has 0 spiro atoms. The van der Waals surface area contributed by atoms with Gasteiger partial charge in [-0.05, 0) is 80.0 Å². The molecule has 0 amide bonds. The van der Waals surface area contributed by atoms with E-state index in [1.54, 1.807) is 12.1 Å². The summed E-state index contributed by atoms with van der Waals surface area (Å²) in [5.74, 6) is 1.90. The number of rotatable bonds is 11. The number of allylic oxidation sites excluding steroid dienone is 1. The highest BCUT2D eigenvalue weighted by molar-refractivity contribution is 6.30. The van der Waals surface area contributed by atoms with Gasteiger partial charge in [-0.2, -0.15) is 5.26 Å². The molecule has 2 N–H and O–H groups in total. The van der Waals surface area contributed by atoms with Crippen molar-refractivity contribution in [1.82, 2.24) is 0 Å². The van der Waals surface area contributed by atoms with Crippen LogP contribution in [0, 0.1) is 23.2 Å². The van der Waals surface area contributed by atoms with E-state index < -0.39 is 5.92 Å². The second-order valence-corrected chi connectivity index (χ2v) is 11.9. The van der Waals surface area contributed by atoms with Crippen LogP contribution in [0.25, 0.3) is 0 Å². The van der Waals surface area contributed by atoms with Gasteiger partial charge < -0.3 is 24.7 Å². The first-order valence-electron chi connectivity index (χ1n) is 15.5. The van der Waals surface area contributed by atoms with Crippen LogP contribution in [-0.4, -0.2) is 12.6 Å². The zero-order chi connectivity index (χ0) is 31.1. The number of ether oxygens (including phenoxy) is 4. The summed E-state index contributed by atoms with van der Waals surface area (Å²) >= 11 is 6.01. The van der Waals surface area contributed by atoms with E-state index in [1.165, 1.54) is 19.3 Å². The third-order valence-corrected chi connectivity index (χ3v) is 8.72. The molecule has 7 nitrogen and oxygen atoms in total. The molecule has 2 aliphatic rings. The van der Waals surface area contributed by atoms with Gasteiger partial charge in [0.2, 0.25) is 5.88 Å². The highest BCUT2D eigenvalue weighted by atomic mass is 35.5. The van der Waals surface area contributed by atoms with Crippen molar-refractivity contribution in [2.24, 2.45) is 17.6 Å². The summed E-state index contributed by atoms with van der Waals surface area (Å²) in [4.78, 5) is 13.0. The Bertz CT molecular complexity index is 1540. The molecule has 8 heteroatoms. The van der Waals surface area contributed by atoms with Crippen molar-refractivity contribution in [1.29, 1.82) is 5.26 Å². The van der Waals surface area contributed by atoms with Crippen molar-refractivity contribution in [3.63, 3.8) is 0 Å². The number of nitrogens with two attached hydrogens (primary N) is 1. The fraction of sp³-hybridized carbons (Fsp3) is 0.389. The standard InChI is InChI=1S/C36H39ClN2O5/c1-3-5-6-23-7-11-25(12-8-23)36(40)43-28-16-17-29-32(20-28)44-35(39)30(21-38)34(29)26-13-18-31(33(19-26)41-4-2)42-22-24-9-14-27(37)15-10-24/h9-10,13-20,23,25,34H,3-8,11-12,22,39H2,1-2H3. The Morgan fingerprint density at radius 1 is 1.00 bits per heavy atom. The van der Waals surface area contributed by atoms with Crippen LogP contribution in [0.4, 0.5) is 0 Å². The SMILES string of the molecule is CCCCC1CCC(C(=O)Oc2ccc3c(c2)OC(N)=C(C#N)C3c2ccc(OCc3ccc(Cl)cc3)c(OCC)c2)CC1. The van der Waals surface area contributed by atoms with Crippen LogP contribution < -0.4 is 24.7 Å². The Labute approximate surface area is 264 Å². The topological polar surface area (TPSA) is 104 Å². The molecule has 3 aromatic carbocycles. The van der Waals surface area contributed by atoms with Gasteiger partial charge in [0, 0.05) is 16.7 Å². The number of benzene rings is 3. The largest absolute Gasteiger partial charge is 0.490 e. The lowest BCUT2D eigenvalue weighted by Crippen LogP contribution is -2.26. The van der Waals surface area contributed by atoms with Gasteiger partial charge in [0.1, 0.15) is 29.7 Å². The second kappa shape index (κ2) is 14.5. The minimum atomic E-state index is -0.503. The average Bonchev–Trinajstić information content (AvgIpc) is 3.03. The summed E-state index contributed by atoms with van der Waals surface area (Å²) in [6.45, 7) is 4.89. The van der Waals surface area contributed by atoms with E-state index in [4.69, 9.17) is 36.3 Å². The lowest BCUT2D eigenvalue weighted by Gasteiger charge is -2.28. The normalized spacial score (nSPS) is 19.4. The summed E-state index contributed by atoms with van der Waals surface area (Å²) in [6, 6.07) is 20.6. The molecule has 3 aromatic rings. The maximum Gasteiger partial charge on any atom is 0.314 e. The number of fused-ring (bicyclic) bond motifs is 1. The fourth-order valence-electron chi connectivity index (χ4n) is 6.05. The summed E-state index contributed by atoms with van der Waals surface area (Å²) < 4.78 is 23.7. The van der Waals surface area contributed by atoms with E-state index in [-0.39, 0.29) is 17.8 Å². The van der Waals surface area contributed by atoms with Gasteiger partial charge in [-0.15, -0.1) is 0 Å². The van der Waals surface area contributed by atoms with Crippen LogP contribution in [0.5, 0.6) is 23.0 Å². The molecular formula is C36H39ClN2O5. The molecule has 0 aromatic heterocycles. The molecule has 1 heterocycles. The minimum absolute atomic E-state index is 0.0138. The molecule has 5 rings (SSSR count). The number of halogens is 1. The monoisotopic (exact) mass is 614 g/mol. The average molecular weight is 615 g/mol. The van der Waals surface area contributed by atoms with Crippen molar-refractivity contribution in [3.05, 3.63) is 93.8 Å². The van der Waals surface area contributed by atoms with Crippen LogP contribution in [0.15, 0.2) is 72.1 Å². The van der Waals surface area contributed by atoms with Crippen LogP contribution in [-0.2, 0) is 11.4 Å². The molecule has 1 fully saturated rings. The maximum absolute atomic E-state index is 13.0. The van der Waals surface area contributed by atoms with Crippen LogP contribution in [0.1, 0.15) is 81.4 Å². The Balaban J connectivity index is 1.34. The Morgan fingerprint density at radius 3 is 2.48 bits per heavy atom. The molecule has 0 saturated heterocycles. The first-order valence-corrected chi connectivity index (χ1v) is 15.8. The van der Waals surface area contributed by atoms with Crippen molar-refractivity contribution in [3.8, 4) is 29.1 Å². The maximum atomic E-state index is 13.0. The number of esters is 1. The van der Waals surface area contributed by atoms with E-state index in [0.717, 1.165) is 42.4 Å². The lowest BCUT2D eigenvalue weighted by atomic mass is 9.80. The number of nitrogens with zero attached hydrogens (tertiary/aromatic N) is 1. The number of hydrogen-bond acceptors (Lipinski definition) is 7. The molecule has 1 atom stereocenters. The highest BCUT2D eigenvalue weighted by Crippen LogP contribution is 2.45. The van der Waals surface area contributed by atoms with Crippen molar-refractivity contribution in [2.75, 3.05) is 6.61 Å². The smallest absolute Gasteiger partial charge is 0.314 e. The van der Waals surface area contributed by atoms with Crippen molar-refractivity contribution >= 4 is 17.6 Å². The van der Waals surface area contributed by atoms with Gasteiger partial charge in [0.05, 0.1) is 18.4 Å². The van der Waals surface area contributed by atoms with Gasteiger partial charge in [-0.3, -0.25) is 4.79 Å². The number of unbranched alkanes of at least 4 members (excludes halogenated alkanes) is 1. The van der Waals surface area contributed by atoms with Crippen molar-refractivity contribution in [2.45, 2.75) is 71.3 Å². The van der Waals surface area contributed by atoms with E-state index in [2.05, 4.69) is 13.0 Å². The summed E-state index contributed by atoms with van der Waals surface area (Å²) in [6.07, 6.45) is 7.56. The fourth-order valence-corrected chi connectivity index (χ4v) is 6.18. The summed E-state index contributed by atoms with van der Waals surface area (Å²) in [5.41, 5.74) is 9.05. The molecule has 1 aliphatic carbocycles. The summed E-state index contributed by atoms with van der Waals surface area (Å²) in [7, 11) is 0. The molecule has 44 heavy (non-hydrogen) atoms. The lowest BCUT2D eigenvalue weighted by molar-refractivity contribution is -0.140.